The first kappa shape index (κ1) is 8.50. The van der Waals surface area contributed by atoms with Gasteiger partial charge in [-0.3, -0.25) is 0 Å². The zero-order chi connectivity index (χ0) is 9.76. The van der Waals surface area contributed by atoms with Gasteiger partial charge in [0, 0.05) is 5.92 Å². The van der Waals surface area contributed by atoms with Gasteiger partial charge in [-0.1, -0.05) is 6.08 Å². The van der Waals surface area contributed by atoms with Gasteiger partial charge in [-0.15, -0.1) is 0 Å². The quantitative estimate of drug-likeness (QED) is 0.548. The average Bonchev–Trinajstić information content (AvgIpc) is 2.33. The molecule has 4 rings (SSSR count). The molecule has 3 heterocycles. The number of rotatable bonds is 0. The SMILES string of the molecule is CC1(C)O[C@H]2[C@@H]3C=CO[C@@H](C=C3)[C@H]2O1. The Morgan fingerprint density at radius 3 is 2.64 bits per heavy atom. The molecular weight excluding hydrogens is 180 g/mol. The molecule has 0 aromatic rings. The summed E-state index contributed by atoms with van der Waals surface area (Å²) in [7, 11) is 0. The second-order valence-electron chi connectivity index (χ2n) is 4.46. The Balaban J connectivity index is 1.96. The fourth-order valence-electron chi connectivity index (χ4n) is 2.35. The molecule has 2 bridgehead atoms. The van der Waals surface area contributed by atoms with Crippen LogP contribution in [0.25, 0.3) is 0 Å². The van der Waals surface area contributed by atoms with Crippen molar-refractivity contribution in [2.75, 3.05) is 0 Å². The second-order valence-corrected chi connectivity index (χ2v) is 4.46. The van der Waals surface area contributed by atoms with Crippen molar-refractivity contribution in [2.24, 2.45) is 5.92 Å². The second kappa shape index (κ2) is 2.61. The van der Waals surface area contributed by atoms with Crippen LogP contribution in [-0.4, -0.2) is 24.1 Å². The first-order chi connectivity index (χ1) is 6.66. The van der Waals surface area contributed by atoms with Crippen LogP contribution in [0.4, 0.5) is 0 Å². The summed E-state index contributed by atoms with van der Waals surface area (Å²) in [5.74, 6) is -0.188. The van der Waals surface area contributed by atoms with Crippen molar-refractivity contribution < 1.29 is 14.2 Å². The molecule has 0 saturated carbocycles. The van der Waals surface area contributed by atoms with Gasteiger partial charge in [-0.05, 0) is 26.0 Å². The summed E-state index contributed by atoms with van der Waals surface area (Å²) in [6.45, 7) is 3.90. The molecule has 4 atom stereocenters. The lowest BCUT2D eigenvalue weighted by molar-refractivity contribution is -0.154. The molecule has 14 heavy (non-hydrogen) atoms. The summed E-state index contributed by atoms with van der Waals surface area (Å²) >= 11 is 0. The van der Waals surface area contributed by atoms with Gasteiger partial charge in [0.25, 0.3) is 0 Å². The van der Waals surface area contributed by atoms with Crippen LogP contribution in [0.1, 0.15) is 13.8 Å². The Morgan fingerprint density at radius 2 is 1.79 bits per heavy atom. The van der Waals surface area contributed by atoms with Crippen LogP contribution in [0.3, 0.4) is 0 Å². The van der Waals surface area contributed by atoms with Crippen molar-refractivity contribution in [1.29, 1.82) is 0 Å². The molecule has 0 radical (unpaired) electrons. The third-order valence-electron chi connectivity index (χ3n) is 2.93. The average molecular weight is 194 g/mol. The van der Waals surface area contributed by atoms with E-state index in [-0.39, 0.29) is 18.3 Å². The highest BCUT2D eigenvalue weighted by atomic mass is 16.8. The van der Waals surface area contributed by atoms with Gasteiger partial charge in [0.05, 0.1) is 6.26 Å². The van der Waals surface area contributed by atoms with E-state index in [1.54, 1.807) is 6.26 Å². The Hall–Kier alpha value is -0.800. The van der Waals surface area contributed by atoms with Crippen molar-refractivity contribution in [3.8, 4) is 0 Å². The van der Waals surface area contributed by atoms with Gasteiger partial charge in [-0.25, -0.2) is 0 Å². The summed E-state index contributed by atoms with van der Waals surface area (Å²) in [4.78, 5) is 0. The highest BCUT2D eigenvalue weighted by Crippen LogP contribution is 2.40. The Morgan fingerprint density at radius 1 is 1.00 bits per heavy atom. The van der Waals surface area contributed by atoms with E-state index in [1.807, 2.05) is 19.9 Å². The normalized spacial score (nSPS) is 47.3. The molecule has 76 valence electrons. The molecule has 0 aromatic heterocycles. The number of hydrogen-bond donors (Lipinski definition) is 0. The van der Waals surface area contributed by atoms with Crippen LogP contribution in [-0.2, 0) is 14.2 Å². The van der Waals surface area contributed by atoms with Crippen molar-refractivity contribution in [2.45, 2.75) is 37.9 Å². The fraction of sp³-hybridized carbons (Fsp3) is 0.636. The van der Waals surface area contributed by atoms with E-state index in [4.69, 9.17) is 14.2 Å². The molecule has 0 spiro atoms. The summed E-state index contributed by atoms with van der Waals surface area (Å²) in [6, 6.07) is 0. The van der Waals surface area contributed by atoms with Gasteiger partial charge in [-0.2, -0.15) is 0 Å². The number of hydrogen-bond acceptors (Lipinski definition) is 3. The van der Waals surface area contributed by atoms with Crippen molar-refractivity contribution in [3.63, 3.8) is 0 Å². The molecule has 1 fully saturated rings. The van der Waals surface area contributed by atoms with Gasteiger partial charge in [0.1, 0.15) is 18.3 Å². The predicted octanol–water partition coefficient (Wildman–Crippen LogP) is 1.60. The molecule has 4 aliphatic rings. The molecule has 0 amide bonds. The third kappa shape index (κ3) is 1.12. The zero-order valence-electron chi connectivity index (χ0n) is 8.34. The van der Waals surface area contributed by atoms with E-state index < -0.39 is 5.79 Å². The lowest BCUT2D eigenvalue weighted by atomic mass is 9.90. The Labute approximate surface area is 83.3 Å². The first-order valence-corrected chi connectivity index (χ1v) is 5.02. The topological polar surface area (TPSA) is 27.7 Å². The van der Waals surface area contributed by atoms with Gasteiger partial charge >= 0.3 is 0 Å². The van der Waals surface area contributed by atoms with Crippen LogP contribution < -0.4 is 0 Å². The lowest BCUT2D eigenvalue weighted by Gasteiger charge is -2.27. The fourth-order valence-corrected chi connectivity index (χ4v) is 2.35. The van der Waals surface area contributed by atoms with E-state index in [9.17, 15) is 0 Å². The molecular formula is C11H14O3. The van der Waals surface area contributed by atoms with Crippen LogP contribution in [0.5, 0.6) is 0 Å². The van der Waals surface area contributed by atoms with Crippen LogP contribution >= 0.6 is 0 Å². The summed E-state index contributed by atoms with van der Waals surface area (Å²) in [5, 5.41) is 0. The van der Waals surface area contributed by atoms with E-state index >= 15 is 0 Å². The Kier molecular flexibility index (Phi) is 1.59. The van der Waals surface area contributed by atoms with E-state index in [0.717, 1.165) is 0 Å². The van der Waals surface area contributed by atoms with Crippen LogP contribution in [0.2, 0.25) is 0 Å². The minimum absolute atomic E-state index is 0.0109. The largest absolute Gasteiger partial charge is 0.491 e. The monoisotopic (exact) mass is 194 g/mol. The molecule has 0 aromatic carbocycles. The predicted molar refractivity (Wildman–Crippen MR) is 50.5 cm³/mol. The van der Waals surface area contributed by atoms with Gasteiger partial charge in [0.15, 0.2) is 5.79 Å². The highest BCUT2D eigenvalue weighted by molar-refractivity contribution is 5.18. The van der Waals surface area contributed by atoms with E-state index in [2.05, 4.69) is 12.2 Å². The van der Waals surface area contributed by atoms with Crippen molar-refractivity contribution in [3.05, 3.63) is 24.5 Å². The van der Waals surface area contributed by atoms with Crippen LogP contribution in [0.15, 0.2) is 24.5 Å². The summed E-state index contributed by atoms with van der Waals surface area (Å²) in [5.41, 5.74) is 0. The lowest BCUT2D eigenvalue weighted by Crippen LogP contribution is -2.40. The maximum absolute atomic E-state index is 5.86. The summed E-state index contributed by atoms with van der Waals surface area (Å²) in [6.07, 6.45) is 8.15. The maximum Gasteiger partial charge on any atom is 0.164 e. The van der Waals surface area contributed by atoms with Gasteiger partial charge in [0.2, 0.25) is 0 Å². The highest BCUT2D eigenvalue weighted by Gasteiger charge is 2.50. The van der Waals surface area contributed by atoms with E-state index in [1.165, 1.54) is 0 Å². The van der Waals surface area contributed by atoms with E-state index in [0.29, 0.717) is 5.92 Å². The minimum atomic E-state index is -0.480. The molecule has 1 aliphatic carbocycles. The minimum Gasteiger partial charge on any atom is -0.491 e. The molecule has 0 unspecified atom stereocenters. The third-order valence-corrected chi connectivity index (χ3v) is 2.93. The maximum atomic E-state index is 5.86. The zero-order valence-corrected chi connectivity index (χ0v) is 8.34. The molecule has 0 N–H and O–H groups in total. The molecule has 1 saturated heterocycles. The van der Waals surface area contributed by atoms with Crippen molar-refractivity contribution >= 4 is 0 Å². The molecule has 3 heteroatoms. The smallest absolute Gasteiger partial charge is 0.164 e. The Bertz CT molecular complexity index is 306. The number of fused-ring (bicyclic) bond motifs is 1. The standard InChI is InChI=1S/C11H14O3/c1-11(2)13-9-7-3-4-8(10(9)14-11)12-6-5-7/h3-10H,1-2H3/t7-,8-,9-,10+/m0/s1. The molecule has 3 aliphatic heterocycles. The first-order valence-electron chi connectivity index (χ1n) is 5.02. The molecule has 3 nitrogen and oxygen atoms in total. The summed E-state index contributed by atoms with van der Waals surface area (Å²) < 4.78 is 17.2. The van der Waals surface area contributed by atoms with Crippen molar-refractivity contribution in [1.82, 2.24) is 0 Å². The van der Waals surface area contributed by atoms with Gasteiger partial charge < -0.3 is 14.2 Å². The van der Waals surface area contributed by atoms with Crippen LogP contribution in [0, 0.1) is 5.92 Å². The number of ether oxygens (including phenoxy) is 3.